The van der Waals surface area contributed by atoms with Crippen LogP contribution in [0.15, 0.2) is 0 Å². The van der Waals surface area contributed by atoms with Crippen molar-refractivity contribution in [1.82, 2.24) is 5.32 Å². The van der Waals surface area contributed by atoms with Gasteiger partial charge in [0.1, 0.15) is 0 Å². The van der Waals surface area contributed by atoms with E-state index in [4.69, 9.17) is 9.47 Å². The van der Waals surface area contributed by atoms with Crippen molar-refractivity contribution in [2.24, 2.45) is 5.92 Å². The van der Waals surface area contributed by atoms with Crippen LogP contribution in [0, 0.1) is 5.92 Å². The molecule has 0 aromatic carbocycles. The summed E-state index contributed by atoms with van der Waals surface area (Å²) in [6.07, 6.45) is 8.64. The second-order valence-electron chi connectivity index (χ2n) is 7.14. The van der Waals surface area contributed by atoms with Gasteiger partial charge in [-0.1, -0.05) is 6.92 Å². The Morgan fingerprint density at radius 2 is 2.24 bits per heavy atom. The number of hydrogen-bond donors (Lipinski definition) is 1. The van der Waals surface area contributed by atoms with Crippen molar-refractivity contribution in [3.63, 3.8) is 0 Å². The minimum atomic E-state index is 0.101. The molecule has 3 atom stereocenters. The smallest absolute Gasteiger partial charge is 0.0833 e. The van der Waals surface area contributed by atoms with Gasteiger partial charge in [0.25, 0.3) is 0 Å². The summed E-state index contributed by atoms with van der Waals surface area (Å²) in [7, 11) is 1.92. The molecular weight excluding hydrogens is 282 g/mol. The number of hydrogen-bond acceptors (Lipinski definition) is 4. The quantitative estimate of drug-likeness (QED) is 0.815. The number of thioether (sulfide) groups is 1. The monoisotopic (exact) mass is 313 g/mol. The molecule has 3 fully saturated rings. The molecule has 122 valence electrons. The van der Waals surface area contributed by atoms with E-state index in [-0.39, 0.29) is 11.2 Å². The molecule has 1 saturated carbocycles. The van der Waals surface area contributed by atoms with E-state index in [1.54, 1.807) is 0 Å². The zero-order chi connectivity index (χ0) is 14.8. The van der Waals surface area contributed by atoms with E-state index in [0.29, 0.717) is 12.0 Å². The van der Waals surface area contributed by atoms with E-state index < -0.39 is 0 Å². The van der Waals surface area contributed by atoms with Crippen LogP contribution < -0.4 is 5.32 Å². The summed E-state index contributed by atoms with van der Waals surface area (Å²) >= 11 is 2.07. The number of nitrogens with one attached hydrogen (secondary N) is 1. The Balaban J connectivity index is 1.72. The molecule has 0 radical (unpaired) electrons. The molecule has 3 unspecified atom stereocenters. The maximum Gasteiger partial charge on any atom is 0.0833 e. The molecule has 1 N–H and O–H groups in total. The fourth-order valence-corrected chi connectivity index (χ4v) is 5.84. The summed E-state index contributed by atoms with van der Waals surface area (Å²) in [6, 6.07) is 0.516. The van der Waals surface area contributed by atoms with E-state index in [1.807, 2.05) is 7.11 Å². The van der Waals surface area contributed by atoms with Gasteiger partial charge < -0.3 is 14.8 Å². The zero-order valence-electron chi connectivity index (χ0n) is 13.7. The van der Waals surface area contributed by atoms with Crippen molar-refractivity contribution in [3.8, 4) is 0 Å². The lowest BCUT2D eigenvalue weighted by atomic mass is 9.67. The van der Waals surface area contributed by atoms with Crippen molar-refractivity contribution in [1.29, 1.82) is 0 Å². The van der Waals surface area contributed by atoms with Gasteiger partial charge in [-0.3, -0.25) is 0 Å². The minimum absolute atomic E-state index is 0.101. The molecule has 1 spiro atoms. The van der Waals surface area contributed by atoms with Crippen LogP contribution >= 0.6 is 11.8 Å². The highest BCUT2D eigenvalue weighted by Gasteiger charge is 2.51. The van der Waals surface area contributed by atoms with Crippen LogP contribution in [0.2, 0.25) is 0 Å². The molecule has 0 bridgehead atoms. The van der Waals surface area contributed by atoms with Crippen LogP contribution in [0.3, 0.4) is 0 Å². The first-order chi connectivity index (χ1) is 10.2. The maximum atomic E-state index is 6.22. The number of ether oxygens (including phenoxy) is 2. The number of methoxy groups -OCH3 is 1. The predicted octanol–water partition coefficient (Wildman–Crippen LogP) is 3.23. The van der Waals surface area contributed by atoms with Crippen molar-refractivity contribution >= 4 is 11.8 Å². The molecule has 4 heteroatoms. The average Bonchev–Trinajstić information content (AvgIpc) is 2.89. The molecule has 0 aromatic heterocycles. The highest BCUT2D eigenvalue weighted by atomic mass is 32.2. The lowest BCUT2D eigenvalue weighted by Crippen LogP contribution is -2.61. The molecule has 1 aliphatic carbocycles. The van der Waals surface area contributed by atoms with E-state index in [2.05, 4.69) is 24.0 Å². The number of rotatable bonds is 6. The first-order valence-corrected chi connectivity index (χ1v) is 9.89. The lowest BCUT2D eigenvalue weighted by molar-refractivity contribution is -0.142. The fraction of sp³-hybridized carbons (Fsp3) is 1.00. The molecule has 3 aliphatic rings. The van der Waals surface area contributed by atoms with Gasteiger partial charge in [0, 0.05) is 25.5 Å². The van der Waals surface area contributed by atoms with E-state index in [1.165, 1.54) is 56.5 Å². The van der Waals surface area contributed by atoms with Crippen molar-refractivity contribution in [2.45, 2.75) is 69.1 Å². The Kier molecular flexibility index (Phi) is 5.19. The third-order valence-corrected chi connectivity index (χ3v) is 7.08. The van der Waals surface area contributed by atoms with Gasteiger partial charge >= 0.3 is 0 Å². The molecular formula is C17H31NO2S. The van der Waals surface area contributed by atoms with Crippen molar-refractivity contribution in [2.75, 3.05) is 31.8 Å². The highest BCUT2D eigenvalue weighted by Crippen LogP contribution is 2.47. The van der Waals surface area contributed by atoms with Gasteiger partial charge in [0.15, 0.2) is 0 Å². The molecule has 0 aromatic rings. The molecule has 2 aliphatic heterocycles. The van der Waals surface area contributed by atoms with Gasteiger partial charge in [0.05, 0.1) is 11.2 Å². The van der Waals surface area contributed by atoms with Gasteiger partial charge in [-0.25, -0.2) is 0 Å². The first-order valence-electron chi connectivity index (χ1n) is 8.74. The van der Waals surface area contributed by atoms with E-state index in [0.717, 1.165) is 13.2 Å². The summed E-state index contributed by atoms with van der Waals surface area (Å²) < 4.78 is 12.2. The van der Waals surface area contributed by atoms with Gasteiger partial charge in [-0.15, -0.1) is 0 Å². The largest absolute Gasteiger partial charge is 0.377 e. The third-order valence-electron chi connectivity index (χ3n) is 5.86. The molecule has 3 nitrogen and oxygen atoms in total. The molecule has 3 rings (SSSR count). The Morgan fingerprint density at radius 3 is 2.81 bits per heavy atom. The predicted molar refractivity (Wildman–Crippen MR) is 89.0 cm³/mol. The van der Waals surface area contributed by atoms with Crippen LogP contribution in [0.5, 0.6) is 0 Å². The third kappa shape index (κ3) is 3.15. The van der Waals surface area contributed by atoms with Crippen molar-refractivity contribution in [3.05, 3.63) is 0 Å². The van der Waals surface area contributed by atoms with Crippen LogP contribution in [0.4, 0.5) is 0 Å². The minimum Gasteiger partial charge on any atom is -0.377 e. The second kappa shape index (κ2) is 6.77. The summed E-state index contributed by atoms with van der Waals surface area (Å²) in [5, 5.41) is 3.85. The van der Waals surface area contributed by atoms with Gasteiger partial charge in [-0.2, -0.15) is 11.8 Å². The van der Waals surface area contributed by atoms with Crippen LogP contribution in [0.25, 0.3) is 0 Å². The van der Waals surface area contributed by atoms with Crippen LogP contribution in [0.1, 0.15) is 51.9 Å². The maximum absolute atomic E-state index is 6.22. The topological polar surface area (TPSA) is 30.5 Å². The molecule has 2 heterocycles. The average molecular weight is 314 g/mol. The van der Waals surface area contributed by atoms with Gasteiger partial charge in [-0.05, 0) is 63.2 Å². The van der Waals surface area contributed by atoms with Crippen molar-refractivity contribution < 1.29 is 9.47 Å². The standard InChI is InChI=1S/C17H31NO2S/c1-3-9-18-15(17(19-2)6-4-7-17)14-5-10-20-16(12-14)8-11-21-13-16/h14-15,18H,3-13H2,1-2H3. The van der Waals surface area contributed by atoms with E-state index >= 15 is 0 Å². The summed E-state index contributed by atoms with van der Waals surface area (Å²) in [4.78, 5) is 0. The highest BCUT2D eigenvalue weighted by molar-refractivity contribution is 7.99. The fourth-order valence-electron chi connectivity index (χ4n) is 4.46. The normalized spacial score (nSPS) is 36.6. The summed E-state index contributed by atoms with van der Waals surface area (Å²) in [5.74, 6) is 3.18. The lowest BCUT2D eigenvalue weighted by Gasteiger charge is -2.52. The van der Waals surface area contributed by atoms with E-state index in [9.17, 15) is 0 Å². The second-order valence-corrected chi connectivity index (χ2v) is 8.25. The summed E-state index contributed by atoms with van der Waals surface area (Å²) in [5.41, 5.74) is 0.280. The first kappa shape index (κ1) is 16.1. The molecule has 0 amide bonds. The Bertz CT molecular complexity index is 334. The molecule has 2 saturated heterocycles. The van der Waals surface area contributed by atoms with Crippen LogP contribution in [-0.2, 0) is 9.47 Å². The Hall–Kier alpha value is 0.230. The van der Waals surface area contributed by atoms with Crippen LogP contribution in [-0.4, -0.2) is 49.0 Å². The Labute approximate surface area is 133 Å². The summed E-state index contributed by atoms with van der Waals surface area (Å²) in [6.45, 7) is 4.30. The SMILES string of the molecule is CCCNC(C1CCOC2(CCSC2)C1)C1(OC)CCC1. The molecule has 21 heavy (non-hydrogen) atoms. The zero-order valence-corrected chi connectivity index (χ0v) is 14.5. The van der Waals surface area contributed by atoms with Gasteiger partial charge in [0.2, 0.25) is 0 Å². The Morgan fingerprint density at radius 1 is 1.38 bits per heavy atom.